The molecule has 7 nitrogen and oxygen atoms in total. The highest BCUT2D eigenvalue weighted by molar-refractivity contribution is 7.80. The Morgan fingerprint density at radius 1 is 1.06 bits per heavy atom. The van der Waals surface area contributed by atoms with Gasteiger partial charge < -0.3 is 29.6 Å². The molecule has 1 atom stereocenters. The Morgan fingerprint density at radius 3 is 2.38 bits per heavy atom. The largest absolute Gasteiger partial charge is 0.493 e. The summed E-state index contributed by atoms with van der Waals surface area (Å²) in [5, 5.41) is 4.94. The number of rotatable bonds is 10. The van der Waals surface area contributed by atoms with Crippen molar-refractivity contribution in [3.63, 3.8) is 0 Å². The van der Waals surface area contributed by atoms with Crippen LogP contribution in [0, 0.1) is 0 Å². The summed E-state index contributed by atoms with van der Waals surface area (Å²) in [6.45, 7) is 4.15. The summed E-state index contributed by atoms with van der Waals surface area (Å²) in [7, 11) is 7.27. The second-order valence-corrected chi connectivity index (χ2v) is 8.97. The van der Waals surface area contributed by atoms with Gasteiger partial charge in [-0.3, -0.25) is 4.79 Å². The number of nitrogens with zero attached hydrogens (tertiary/aromatic N) is 2. The van der Waals surface area contributed by atoms with Crippen LogP contribution in [0.5, 0.6) is 11.5 Å². The number of hydrogen-bond donors (Lipinski definition) is 2. The van der Waals surface area contributed by atoms with Gasteiger partial charge in [0.25, 0.3) is 5.56 Å². The number of thiocarbonyl (C=S) groups is 1. The first kappa shape index (κ1) is 25.5. The number of H-pyrrole nitrogens is 1. The molecule has 2 aromatic carbocycles. The van der Waals surface area contributed by atoms with Crippen molar-refractivity contribution in [1.82, 2.24) is 20.1 Å². The van der Waals surface area contributed by atoms with Crippen molar-refractivity contribution in [3.05, 3.63) is 70.0 Å². The second-order valence-electron chi connectivity index (χ2n) is 8.58. The molecule has 0 unspecified atom stereocenters. The quantitative estimate of drug-likeness (QED) is 0.424. The molecule has 0 aliphatic rings. The summed E-state index contributed by atoms with van der Waals surface area (Å²) in [6, 6.07) is 15.8. The standard InChI is InChI=1S/C26H34N4O3S/c1-18(19-10-7-6-8-11-19)27-26(34)30(13-9-12-29(2)3)17-21-14-20-15-23(32-4)24(33-5)16-22(20)28-25(21)31/h6-8,10-11,14-16,18H,9,12-13,17H2,1-5H3,(H,27,34)(H,28,31)/t18-/m1/s1. The molecular weight excluding hydrogens is 448 g/mol. The van der Waals surface area contributed by atoms with Crippen molar-refractivity contribution in [2.24, 2.45) is 0 Å². The first-order valence-corrected chi connectivity index (χ1v) is 11.8. The topological polar surface area (TPSA) is 69.8 Å². The highest BCUT2D eigenvalue weighted by Gasteiger charge is 2.17. The van der Waals surface area contributed by atoms with Gasteiger partial charge in [0, 0.05) is 23.6 Å². The fraction of sp³-hybridized carbons (Fsp3) is 0.385. The van der Waals surface area contributed by atoms with E-state index < -0.39 is 0 Å². The third-order valence-electron chi connectivity index (χ3n) is 5.75. The molecule has 34 heavy (non-hydrogen) atoms. The van der Waals surface area contributed by atoms with E-state index in [9.17, 15) is 4.79 Å². The average Bonchev–Trinajstić information content (AvgIpc) is 2.83. The van der Waals surface area contributed by atoms with Gasteiger partial charge in [0.1, 0.15) is 0 Å². The Labute approximate surface area is 206 Å². The van der Waals surface area contributed by atoms with E-state index in [2.05, 4.69) is 39.2 Å². The van der Waals surface area contributed by atoms with E-state index in [1.165, 1.54) is 0 Å². The van der Waals surface area contributed by atoms with Crippen LogP contribution in [0.25, 0.3) is 10.9 Å². The number of fused-ring (bicyclic) bond motifs is 1. The van der Waals surface area contributed by atoms with Crippen LogP contribution < -0.4 is 20.3 Å². The Morgan fingerprint density at radius 2 is 1.74 bits per heavy atom. The van der Waals surface area contributed by atoms with Gasteiger partial charge in [-0.2, -0.15) is 0 Å². The van der Waals surface area contributed by atoms with Crippen molar-refractivity contribution in [2.75, 3.05) is 41.4 Å². The maximum Gasteiger partial charge on any atom is 0.253 e. The van der Waals surface area contributed by atoms with E-state index in [0.717, 1.165) is 30.5 Å². The zero-order valence-electron chi connectivity index (χ0n) is 20.6. The SMILES string of the molecule is COc1cc2cc(CN(CCCN(C)C)C(=S)N[C@H](C)c3ccccc3)c(=O)[nH]c2cc1OC. The van der Waals surface area contributed by atoms with Gasteiger partial charge in [-0.05, 0) is 63.9 Å². The molecule has 0 aliphatic carbocycles. The van der Waals surface area contributed by atoms with Crippen LogP contribution in [0.1, 0.15) is 30.5 Å². The molecule has 1 heterocycles. The number of benzene rings is 2. The molecule has 0 amide bonds. The fourth-order valence-electron chi connectivity index (χ4n) is 3.83. The predicted molar refractivity (Wildman–Crippen MR) is 142 cm³/mol. The molecule has 0 spiro atoms. The third-order valence-corrected chi connectivity index (χ3v) is 6.12. The van der Waals surface area contributed by atoms with Crippen LogP contribution in [0.3, 0.4) is 0 Å². The van der Waals surface area contributed by atoms with Gasteiger partial charge in [0.2, 0.25) is 0 Å². The summed E-state index contributed by atoms with van der Waals surface area (Å²) < 4.78 is 10.8. The van der Waals surface area contributed by atoms with E-state index >= 15 is 0 Å². The van der Waals surface area contributed by atoms with Crippen molar-refractivity contribution in [1.29, 1.82) is 0 Å². The molecule has 8 heteroatoms. The van der Waals surface area contributed by atoms with E-state index in [0.29, 0.717) is 34.2 Å². The number of nitrogens with one attached hydrogen (secondary N) is 2. The number of aromatic nitrogens is 1. The van der Waals surface area contributed by atoms with Gasteiger partial charge >= 0.3 is 0 Å². The average molecular weight is 483 g/mol. The number of aromatic amines is 1. The molecular formula is C26H34N4O3S. The van der Waals surface area contributed by atoms with Gasteiger partial charge in [-0.15, -0.1) is 0 Å². The monoisotopic (exact) mass is 482 g/mol. The Bertz CT molecular complexity index is 1160. The predicted octanol–water partition coefficient (Wildman–Crippen LogP) is 3.93. The van der Waals surface area contributed by atoms with E-state index in [4.69, 9.17) is 21.7 Å². The minimum Gasteiger partial charge on any atom is -0.493 e. The zero-order valence-corrected chi connectivity index (χ0v) is 21.4. The van der Waals surface area contributed by atoms with Crippen molar-refractivity contribution < 1.29 is 9.47 Å². The smallest absolute Gasteiger partial charge is 0.253 e. The number of pyridine rings is 1. The summed E-state index contributed by atoms with van der Waals surface area (Å²) in [6.07, 6.45) is 0.922. The van der Waals surface area contributed by atoms with Crippen LogP contribution in [0.2, 0.25) is 0 Å². The Balaban J connectivity index is 1.86. The van der Waals surface area contributed by atoms with Crippen LogP contribution >= 0.6 is 12.2 Å². The number of hydrogen-bond acceptors (Lipinski definition) is 5. The Hall–Kier alpha value is -3.10. The van der Waals surface area contributed by atoms with Gasteiger partial charge in [0.15, 0.2) is 16.6 Å². The van der Waals surface area contributed by atoms with Crippen molar-refractivity contribution in [3.8, 4) is 11.5 Å². The molecule has 3 rings (SSSR count). The summed E-state index contributed by atoms with van der Waals surface area (Å²) in [4.78, 5) is 20.1. The summed E-state index contributed by atoms with van der Waals surface area (Å²) in [5.41, 5.74) is 2.35. The molecule has 3 aromatic rings. The molecule has 0 saturated carbocycles. The lowest BCUT2D eigenvalue weighted by Gasteiger charge is -2.28. The minimum absolute atomic E-state index is 0.0525. The molecule has 1 aromatic heterocycles. The molecule has 0 aliphatic heterocycles. The molecule has 0 bridgehead atoms. The Kier molecular flexibility index (Phi) is 8.90. The highest BCUT2D eigenvalue weighted by Crippen LogP contribution is 2.31. The lowest BCUT2D eigenvalue weighted by atomic mass is 10.1. The van der Waals surface area contributed by atoms with Gasteiger partial charge in [-0.25, -0.2) is 0 Å². The molecule has 182 valence electrons. The summed E-state index contributed by atoms with van der Waals surface area (Å²) >= 11 is 5.79. The van der Waals surface area contributed by atoms with E-state index in [1.54, 1.807) is 20.3 Å². The maximum atomic E-state index is 12.9. The van der Waals surface area contributed by atoms with Crippen molar-refractivity contribution >= 4 is 28.2 Å². The maximum absolute atomic E-state index is 12.9. The highest BCUT2D eigenvalue weighted by atomic mass is 32.1. The zero-order chi connectivity index (χ0) is 24.7. The summed E-state index contributed by atoms with van der Waals surface area (Å²) in [5.74, 6) is 1.19. The van der Waals surface area contributed by atoms with Gasteiger partial charge in [-0.1, -0.05) is 30.3 Å². The first-order valence-electron chi connectivity index (χ1n) is 11.4. The minimum atomic E-state index is -0.142. The van der Waals surface area contributed by atoms with Crippen LogP contribution in [-0.4, -0.2) is 61.3 Å². The van der Waals surface area contributed by atoms with E-state index in [-0.39, 0.29) is 11.6 Å². The molecule has 0 saturated heterocycles. The van der Waals surface area contributed by atoms with Crippen LogP contribution in [-0.2, 0) is 6.54 Å². The normalized spacial score (nSPS) is 11.9. The second kappa shape index (κ2) is 11.9. The van der Waals surface area contributed by atoms with Gasteiger partial charge in [0.05, 0.1) is 32.3 Å². The fourth-order valence-corrected chi connectivity index (χ4v) is 4.17. The van der Waals surface area contributed by atoms with Crippen LogP contribution in [0.4, 0.5) is 0 Å². The number of ether oxygens (including phenoxy) is 2. The number of methoxy groups -OCH3 is 2. The van der Waals surface area contributed by atoms with E-state index in [1.807, 2.05) is 44.4 Å². The third kappa shape index (κ3) is 6.48. The van der Waals surface area contributed by atoms with Crippen molar-refractivity contribution in [2.45, 2.75) is 25.9 Å². The molecule has 0 radical (unpaired) electrons. The lowest BCUT2D eigenvalue weighted by Crippen LogP contribution is -2.42. The lowest BCUT2D eigenvalue weighted by molar-refractivity contribution is 0.339. The first-order chi connectivity index (χ1) is 16.3. The molecule has 0 fully saturated rings. The molecule has 2 N–H and O–H groups in total. The van der Waals surface area contributed by atoms with Crippen LogP contribution in [0.15, 0.2) is 53.3 Å².